The minimum absolute atomic E-state index is 0.231. The Kier molecular flexibility index (Phi) is 4.18. The summed E-state index contributed by atoms with van der Waals surface area (Å²) >= 11 is 1.72. The molecule has 1 aliphatic carbocycles. The first-order valence-corrected chi connectivity index (χ1v) is 7.10. The van der Waals surface area contributed by atoms with Crippen molar-refractivity contribution in [3.63, 3.8) is 0 Å². The number of rotatable bonds is 6. The van der Waals surface area contributed by atoms with Crippen LogP contribution in [0.2, 0.25) is 0 Å². The molecule has 0 radical (unpaired) electrons. The van der Waals surface area contributed by atoms with E-state index in [1.165, 1.54) is 17.7 Å². The zero-order valence-corrected chi connectivity index (χ0v) is 11.3. The summed E-state index contributed by atoms with van der Waals surface area (Å²) in [5.41, 5.74) is 0. The van der Waals surface area contributed by atoms with Gasteiger partial charge < -0.3 is 10.2 Å². The van der Waals surface area contributed by atoms with E-state index in [4.69, 9.17) is 0 Å². The molecule has 2 rings (SSSR count). The fourth-order valence-corrected chi connectivity index (χ4v) is 2.47. The number of nitrogens with one attached hydrogen (secondary N) is 1. The third-order valence-corrected chi connectivity index (χ3v) is 3.74. The molecular formula is C13H20N2OS. The molecule has 0 atom stereocenters. The molecule has 0 aromatic carbocycles. The number of nitrogens with zero attached hydrogens (tertiary/aromatic N) is 1. The van der Waals surface area contributed by atoms with Crippen LogP contribution in [0.3, 0.4) is 0 Å². The maximum Gasteiger partial charge on any atom is 0.237 e. The normalized spacial score (nSPS) is 15.2. The SMILES string of the molecule is CC(C)NCC(=O)N(Cc1cccs1)C1CC1. The summed E-state index contributed by atoms with van der Waals surface area (Å²) in [5.74, 6) is 0.231. The summed E-state index contributed by atoms with van der Waals surface area (Å²) in [5, 5.41) is 5.27. The zero-order valence-electron chi connectivity index (χ0n) is 10.5. The van der Waals surface area contributed by atoms with E-state index in [-0.39, 0.29) is 5.91 Å². The molecule has 1 saturated carbocycles. The van der Waals surface area contributed by atoms with Gasteiger partial charge in [0, 0.05) is 17.0 Å². The Morgan fingerprint density at radius 1 is 1.59 bits per heavy atom. The summed E-state index contributed by atoms with van der Waals surface area (Å²) in [4.78, 5) is 15.4. The Hall–Kier alpha value is -0.870. The van der Waals surface area contributed by atoms with Crippen LogP contribution >= 0.6 is 11.3 Å². The van der Waals surface area contributed by atoms with Crippen LogP contribution in [0.1, 0.15) is 31.6 Å². The summed E-state index contributed by atoms with van der Waals surface area (Å²) in [6.07, 6.45) is 2.33. The predicted molar refractivity (Wildman–Crippen MR) is 71.0 cm³/mol. The molecule has 0 saturated heterocycles. The van der Waals surface area contributed by atoms with Crippen molar-refractivity contribution in [2.45, 2.75) is 45.3 Å². The second kappa shape index (κ2) is 5.65. The molecule has 1 heterocycles. The van der Waals surface area contributed by atoms with Gasteiger partial charge in [-0.15, -0.1) is 11.3 Å². The van der Waals surface area contributed by atoms with Crippen molar-refractivity contribution in [3.8, 4) is 0 Å². The molecule has 0 spiro atoms. The van der Waals surface area contributed by atoms with Crippen LogP contribution in [0.15, 0.2) is 17.5 Å². The molecule has 0 aliphatic heterocycles. The molecule has 0 bridgehead atoms. The lowest BCUT2D eigenvalue weighted by atomic mass is 10.3. The molecule has 0 unspecified atom stereocenters. The molecule has 3 nitrogen and oxygen atoms in total. The monoisotopic (exact) mass is 252 g/mol. The molecule has 94 valence electrons. The predicted octanol–water partition coefficient (Wildman–Crippen LogP) is 2.24. The van der Waals surface area contributed by atoms with Gasteiger partial charge in [-0.3, -0.25) is 4.79 Å². The van der Waals surface area contributed by atoms with Crippen LogP contribution in [0.25, 0.3) is 0 Å². The lowest BCUT2D eigenvalue weighted by molar-refractivity contribution is -0.131. The van der Waals surface area contributed by atoms with Crippen molar-refractivity contribution >= 4 is 17.2 Å². The maximum absolute atomic E-state index is 12.1. The molecule has 1 N–H and O–H groups in total. The Balaban J connectivity index is 1.90. The first-order valence-electron chi connectivity index (χ1n) is 6.22. The number of carbonyl (C=O) groups excluding carboxylic acids is 1. The number of hydrogen-bond acceptors (Lipinski definition) is 3. The van der Waals surface area contributed by atoms with Crippen LogP contribution in [0.4, 0.5) is 0 Å². The zero-order chi connectivity index (χ0) is 12.3. The van der Waals surface area contributed by atoms with Crippen molar-refractivity contribution in [2.24, 2.45) is 0 Å². The lowest BCUT2D eigenvalue weighted by Crippen LogP contribution is -2.40. The topological polar surface area (TPSA) is 32.3 Å². The molecule has 1 aliphatic rings. The molecule has 1 aromatic rings. The Morgan fingerprint density at radius 3 is 2.88 bits per heavy atom. The van der Waals surface area contributed by atoms with E-state index in [0.717, 1.165) is 6.54 Å². The van der Waals surface area contributed by atoms with Crippen LogP contribution in [-0.2, 0) is 11.3 Å². The van der Waals surface area contributed by atoms with Crippen molar-refractivity contribution in [1.82, 2.24) is 10.2 Å². The van der Waals surface area contributed by atoms with Crippen molar-refractivity contribution in [3.05, 3.63) is 22.4 Å². The number of carbonyl (C=O) groups is 1. The Labute approximate surface area is 107 Å². The van der Waals surface area contributed by atoms with Crippen molar-refractivity contribution in [2.75, 3.05) is 6.54 Å². The fourth-order valence-electron chi connectivity index (χ4n) is 1.77. The first kappa shape index (κ1) is 12.6. The van der Waals surface area contributed by atoms with E-state index >= 15 is 0 Å². The molecular weight excluding hydrogens is 232 g/mol. The van der Waals surface area contributed by atoms with Gasteiger partial charge in [-0.1, -0.05) is 19.9 Å². The number of hydrogen-bond donors (Lipinski definition) is 1. The quantitative estimate of drug-likeness (QED) is 0.842. The van der Waals surface area contributed by atoms with Crippen LogP contribution < -0.4 is 5.32 Å². The van der Waals surface area contributed by atoms with E-state index in [0.29, 0.717) is 18.6 Å². The van der Waals surface area contributed by atoms with E-state index in [1.54, 1.807) is 11.3 Å². The van der Waals surface area contributed by atoms with E-state index in [9.17, 15) is 4.79 Å². The van der Waals surface area contributed by atoms with E-state index < -0.39 is 0 Å². The minimum atomic E-state index is 0.231. The van der Waals surface area contributed by atoms with Gasteiger partial charge in [-0.25, -0.2) is 0 Å². The Bertz CT molecular complexity index is 358. The summed E-state index contributed by atoms with van der Waals surface area (Å²) in [6, 6.07) is 4.99. The van der Waals surface area contributed by atoms with Gasteiger partial charge in [-0.2, -0.15) is 0 Å². The standard InChI is InChI=1S/C13H20N2OS/c1-10(2)14-8-13(16)15(11-5-6-11)9-12-4-3-7-17-12/h3-4,7,10-11,14H,5-6,8-9H2,1-2H3. The highest BCUT2D eigenvalue weighted by Gasteiger charge is 2.32. The summed E-state index contributed by atoms with van der Waals surface area (Å²) < 4.78 is 0. The third kappa shape index (κ3) is 3.82. The largest absolute Gasteiger partial charge is 0.333 e. The second-order valence-corrected chi connectivity index (χ2v) is 5.90. The number of thiophene rings is 1. The average Bonchev–Trinajstić information content (AvgIpc) is 3.00. The fraction of sp³-hybridized carbons (Fsp3) is 0.615. The van der Waals surface area contributed by atoms with Gasteiger partial charge in [0.1, 0.15) is 0 Å². The van der Waals surface area contributed by atoms with Crippen molar-refractivity contribution in [1.29, 1.82) is 0 Å². The van der Waals surface area contributed by atoms with Crippen LogP contribution in [0.5, 0.6) is 0 Å². The average molecular weight is 252 g/mol. The molecule has 4 heteroatoms. The van der Waals surface area contributed by atoms with Crippen molar-refractivity contribution < 1.29 is 4.79 Å². The van der Waals surface area contributed by atoms with Crippen LogP contribution in [-0.4, -0.2) is 29.4 Å². The second-order valence-electron chi connectivity index (χ2n) is 4.87. The number of amides is 1. The molecule has 17 heavy (non-hydrogen) atoms. The minimum Gasteiger partial charge on any atom is -0.333 e. The summed E-state index contributed by atoms with van der Waals surface area (Å²) in [7, 11) is 0. The molecule has 1 aromatic heterocycles. The van der Waals surface area contributed by atoms with Gasteiger partial charge in [0.05, 0.1) is 13.1 Å². The first-order chi connectivity index (χ1) is 8.16. The van der Waals surface area contributed by atoms with Gasteiger partial charge in [0.2, 0.25) is 5.91 Å². The molecule has 1 fully saturated rings. The van der Waals surface area contributed by atoms with Gasteiger partial charge >= 0.3 is 0 Å². The highest BCUT2D eigenvalue weighted by atomic mass is 32.1. The highest BCUT2D eigenvalue weighted by Crippen LogP contribution is 2.29. The Morgan fingerprint density at radius 2 is 2.35 bits per heavy atom. The highest BCUT2D eigenvalue weighted by molar-refractivity contribution is 7.09. The van der Waals surface area contributed by atoms with Gasteiger partial charge in [-0.05, 0) is 24.3 Å². The van der Waals surface area contributed by atoms with Gasteiger partial charge in [0.25, 0.3) is 0 Å². The third-order valence-electron chi connectivity index (χ3n) is 2.88. The lowest BCUT2D eigenvalue weighted by Gasteiger charge is -2.22. The van der Waals surface area contributed by atoms with Gasteiger partial charge in [0.15, 0.2) is 0 Å². The smallest absolute Gasteiger partial charge is 0.237 e. The van der Waals surface area contributed by atoms with Crippen LogP contribution in [0, 0.1) is 0 Å². The van der Waals surface area contributed by atoms with E-state index in [1.807, 2.05) is 11.0 Å². The molecule has 1 amide bonds. The maximum atomic E-state index is 12.1. The van der Waals surface area contributed by atoms with E-state index in [2.05, 4.69) is 30.6 Å². The summed E-state index contributed by atoms with van der Waals surface area (Å²) in [6.45, 7) is 5.36.